The van der Waals surface area contributed by atoms with Gasteiger partial charge in [0.2, 0.25) is 17.7 Å². The first-order chi connectivity index (χ1) is 16.3. The smallest absolute Gasteiger partial charge is 0.356 e. The number of nitrogens with one attached hydrogen (secondary N) is 2. The van der Waals surface area contributed by atoms with Crippen molar-refractivity contribution in [2.75, 3.05) is 19.7 Å². The van der Waals surface area contributed by atoms with Crippen molar-refractivity contribution in [1.82, 2.24) is 15.5 Å². The Morgan fingerprint density at radius 3 is 2.51 bits per heavy atom. The fraction of sp³-hybridized carbons (Fsp3) is 0.818. The molecule has 2 N–H and O–H groups in total. The largest absolute Gasteiger partial charge is 0.522 e. The number of halogens is 3. The Morgan fingerprint density at radius 2 is 1.97 bits per heavy atom. The number of amides is 3. The normalized spacial score (nSPS) is 24.3. The maximum atomic E-state index is 13.3. The summed E-state index contributed by atoms with van der Waals surface area (Å²) in [5.41, 5.74) is -0.220. The molecule has 1 spiro atoms. The molecule has 0 aromatic heterocycles. The fourth-order valence-electron chi connectivity index (χ4n) is 4.83. The van der Waals surface area contributed by atoms with E-state index in [0.29, 0.717) is 32.4 Å². The van der Waals surface area contributed by atoms with Crippen LogP contribution in [0.25, 0.3) is 0 Å². The molecule has 3 amide bonds. The lowest BCUT2D eigenvalue weighted by atomic mass is 9.51. The number of unbranched alkanes of at least 4 members (excludes halogenated alkanes) is 1. The highest BCUT2D eigenvalue weighted by Gasteiger charge is 2.56. The quantitative estimate of drug-likeness (QED) is 0.419. The van der Waals surface area contributed by atoms with Gasteiger partial charge in [-0.3, -0.25) is 23.9 Å². The van der Waals surface area contributed by atoms with Crippen LogP contribution in [0.4, 0.5) is 13.2 Å². The molecule has 0 bridgehead atoms. The summed E-state index contributed by atoms with van der Waals surface area (Å²) in [5.74, 6) is -3.25. The number of alkyl halides is 3. The second kappa shape index (κ2) is 10.5. The van der Waals surface area contributed by atoms with Crippen molar-refractivity contribution in [3.63, 3.8) is 0 Å². The molecule has 3 fully saturated rings. The minimum absolute atomic E-state index is 0.169. The molecule has 2 saturated heterocycles. The van der Waals surface area contributed by atoms with Crippen molar-refractivity contribution < 1.29 is 37.1 Å². The van der Waals surface area contributed by atoms with Crippen LogP contribution in [0.2, 0.25) is 5.21 Å². The number of hydrogen-bond acceptors (Lipinski definition) is 5. The Kier molecular flexibility index (Phi) is 8.28. The van der Waals surface area contributed by atoms with Gasteiger partial charge < -0.3 is 15.5 Å². The van der Waals surface area contributed by atoms with Crippen molar-refractivity contribution in [3.8, 4) is 0 Å². The van der Waals surface area contributed by atoms with Crippen LogP contribution in [0.5, 0.6) is 0 Å². The summed E-state index contributed by atoms with van der Waals surface area (Å²) in [5, 5.41) is 3.43. The summed E-state index contributed by atoms with van der Waals surface area (Å²) < 4.78 is 41.1. The molecule has 35 heavy (non-hydrogen) atoms. The number of nitrogens with zero attached hydrogens (tertiary/aromatic N) is 1. The Labute approximate surface area is 205 Å². The Hall–Kier alpha value is -2.04. The third-order valence-corrected chi connectivity index (χ3v) is 7.14. The molecule has 3 aliphatic rings. The van der Waals surface area contributed by atoms with E-state index in [2.05, 4.69) is 15.4 Å². The minimum Gasteiger partial charge on any atom is -0.356 e. The first-order valence-electron chi connectivity index (χ1n) is 12.0. The molecule has 3 atom stereocenters. The number of carbonyl (C=O) groups excluding carboxylic acids is 4. The van der Waals surface area contributed by atoms with Crippen LogP contribution in [-0.4, -0.2) is 82.2 Å². The van der Waals surface area contributed by atoms with Crippen molar-refractivity contribution in [2.45, 2.75) is 82.0 Å². The number of ketones is 1. The molecule has 190 valence electrons. The second-order valence-electron chi connectivity index (χ2n) is 10.1. The third kappa shape index (κ3) is 7.01. The molecule has 0 aromatic rings. The van der Waals surface area contributed by atoms with E-state index in [9.17, 15) is 32.3 Å². The van der Waals surface area contributed by atoms with Gasteiger partial charge in [0.25, 0.3) is 0 Å². The maximum absolute atomic E-state index is 13.3. The van der Waals surface area contributed by atoms with E-state index in [1.165, 1.54) is 4.90 Å². The Morgan fingerprint density at radius 1 is 1.29 bits per heavy atom. The zero-order valence-electron chi connectivity index (χ0n) is 19.8. The molecular formula is C22H30B2F3N3O5. The van der Waals surface area contributed by atoms with Crippen molar-refractivity contribution in [3.05, 3.63) is 0 Å². The van der Waals surface area contributed by atoms with Crippen LogP contribution < -0.4 is 10.6 Å². The molecule has 8 nitrogen and oxygen atoms in total. The van der Waals surface area contributed by atoms with Gasteiger partial charge in [-0.2, -0.15) is 0 Å². The highest BCUT2D eigenvalue weighted by Crippen LogP contribution is 2.55. The maximum Gasteiger partial charge on any atom is 0.522 e. The summed E-state index contributed by atoms with van der Waals surface area (Å²) in [6, 6.07) is -2.35. The van der Waals surface area contributed by atoms with Gasteiger partial charge in [-0.15, -0.1) is 13.2 Å². The molecule has 0 unspecified atom stereocenters. The van der Waals surface area contributed by atoms with Gasteiger partial charge in [0.1, 0.15) is 12.6 Å². The first-order valence-corrected chi connectivity index (χ1v) is 12.0. The molecule has 4 radical (unpaired) electrons. The lowest BCUT2D eigenvalue weighted by Crippen LogP contribution is -2.54. The van der Waals surface area contributed by atoms with Crippen LogP contribution in [0.15, 0.2) is 0 Å². The standard InChI is InChI=1S/C22H30B2F3N3O5/c1-2-3-5-21(23,24)19(34)30-12-20(6-7-20)10-15(30)18(33)29-14(9-13-4-8-28-17(13)32)16(31)11-35-22(25,26)27/h13-15H,2-12H2,1H3,(H,28,32)(H,29,33)/t13-,14-,15-/m0/s1. The molecule has 1 aliphatic carbocycles. The number of Topliss-reactive ketones (excluding diaryl/α,β-unsaturated/α-hetero) is 1. The molecular weight excluding hydrogens is 465 g/mol. The van der Waals surface area contributed by atoms with Gasteiger partial charge in [-0.25, -0.2) is 0 Å². The molecule has 0 aromatic carbocycles. The topological polar surface area (TPSA) is 105 Å². The van der Waals surface area contributed by atoms with Gasteiger partial charge in [0.15, 0.2) is 5.78 Å². The molecule has 2 aliphatic heterocycles. The summed E-state index contributed by atoms with van der Waals surface area (Å²) in [4.78, 5) is 52.4. The van der Waals surface area contributed by atoms with Gasteiger partial charge in [-0.05, 0) is 42.7 Å². The summed E-state index contributed by atoms with van der Waals surface area (Å²) >= 11 is 0. The number of rotatable bonds is 11. The lowest BCUT2D eigenvalue weighted by Gasteiger charge is -2.34. The van der Waals surface area contributed by atoms with Crippen LogP contribution in [0, 0.1) is 11.3 Å². The minimum atomic E-state index is -5.02. The van der Waals surface area contributed by atoms with Gasteiger partial charge in [0.05, 0.1) is 21.7 Å². The van der Waals surface area contributed by atoms with Crippen molar-refractivity contribution in [1.29, 1.82) is 0 Å². The van der Waals surface area contributed by atoms with Crippen LogP contribution in [-0.2, 0) is 23.9 Å². The van der Waals surface area contributed by atoms with Crippen LogP contribution in [0.3, 0.4) is 0 Å². The summed E-state index contributed by atoms with van der Waals surface area (Å²) in [6.07, 6.45) is -1.20. The SMILES string of the molecule is [B]C([B])(CCCC)C(=O)N1CC2(CC2)C[C@H]1C(=O)N[C@@H](C[C@@H]1CCNC1=O)C(=O)COC(F)(F)F. The fourth-order valence-corrected chi connectivity index (χ4v) is 4.83. The summed E-state index contributed by atoms with van der Waals surface area (Å²) in [6.45, 7) is 1.30. The predicted octanol–water partition coefficient (Wildman–Crippen LogP) is 1.13. The van der Waals surface area contributed by atoms with Crippen LogP contribution >= 0.6 is 0 Å². The van der Waals surface area contributed by atoms with E-state index >= 15 is 0 Å². The lowest BCUT2D eigenvalue weighted by molar-refractivity contribution is -0.321. The zero-order valence-corrected chi connectivity index (χ0v) is 19.8. The Bertz CT molecular complexity index is 851. The van der Waals surface area contributed by atoms with Crippen molar-refractivity contribution >= 4 is 39.2 Å². The van der Waals surface area contributed by atoms with Gasteiger partial charge in [0, 0.05) is 19.0 Å². The molecule has 1 saturated carbocycles. The van der Waals surface area contributed by atoms with Crippen molar-refractivity contribution in [2.24, 2.45) is 11.3 Å². The Balaban J connectivity index is 1.75. The third-order valence-electron chi connectivity index (χ3n) is 7.14. The summed E-state index contributed by atoms with van der Waals surface area (Å²) in [7, 11) is 12.2. The number of carbonyl (C=O) groups is 4. The monoisotopic (exact) mass is 495 g/mol. The first kappa shape index (κ1) is 27.5. The van der Waals surface area contributed by atoms with E-state index in [1.807, 2.05) is 6.92 Å². The van der Waals surface area contributed by atoms with E-state index in [1.54, 1.807) is 0 Å². The molecule has 13 heteroatoms. The second-order valence-corrected chi connectivity index (χ2v) is 10.1. The number of hydrogen-bond donors (Lipinski definition) is 2. The highest BCUT2D eigenvalue weighted by molar-refractivity contribution is 6.50. The number of ether oxygens (including phenoxy) is 1. The van der Waals surface area contributed by atoms with E-state index in [4.69, 9.17) is 15.7 Å². The predicted molar refractivity (Wildman–Crippen MR) is 120 cm³/mol. The highest BCUT2D eigenvalue weighted by atomic mass is 19.4. The van der Waals surface area contributed by atoms with E-state index < -0.39 is 53.8 Å². The zero-order chi connectivity index (χ0) is 26.0. The molecule has 3 rings (SSSR count). The van der Waals surface area contributed by atoms with E-state index in [-0.39, 0.29) is 24.2 Å². The average Bonchev–Trinajstić information content (AvgIpc) is 3.24. The van der Waals surface area contributed by atoms with E-state index in [0.717, 1.165) is 19.3 Å². The molecule has 2 heterocycles. The average molecular weight is 495 g/mol. The van der Waals surface area contributed by atoms with Crippen LogP contribution in [0.1, 0.15) is 58.3 Å². The van der Waals surface area contributed by atoms with Gasteiger partial charge in [-0.1, -0.05) is 26.2 Å². The van der Waals surface area contributed by atoms with Gasteiger partial charge >= 0.3 is 6.36 Å². The number of likely N-dealkylation sites (tertiary alicyclic amines) is 1.